The molecule has 0 bridgehead atoms. The van der Waals surface area contributed by atoms with E-state index < -0.39 is 10.7 Å². The molecule has 0 amide bonds. The van der Waals surface area contributed by atoms with Gasteiger partial charge >= 0.3 is 0 Å². The van der Waals surface area contributed by atoms with Crippen LogP contribution in [0.3, 0.4) is 0 Å². The fraction of sp³-hybridized carbons (Fsp3) is 0.143. The largest absolute Gasteiger partial charge is 0.387 e. The third kappa shape index (κ3) is 4.85. The lowest BCUT2D eigenvalue weighted by Crippen LogP contribution is -1.98. The molecule has 7 heteroatoms. The fourth-order valence-electron chi connectivity index (χ4n) is 1.58. The second-order valence-corrected chi connectivity index (χ2v) is 5.03. The average Bonchev–Trinajstić information content (AvgIpc) is 2.48. The van der Waals surface area contributed by atoms with Gasteiger partial charge in [-0.1, -0.05) is 18.2 Å². The summed E-state index contributed by atoms with van der Waals surface area (Å²) in [5.41, 5.74) is 0.859. The molecule has 5 nitrogen and oxygen atoms in total. The molecule has 0 fully saturated rings. The third-order valence-corrected chi connectivity index (χ3v) is 3.52. The van der Waals surface area contributed by atoms with Crippen molar-refractivity contribution in [1.82, 2.24) is 0 Å². The van der Waals surface area contributed by atoms with Gasteiger partial charge in [-0.15, -0.1) is 0 Å². The van der Waals surface area contributed by atoms with Crippen LogP contribution in [-0.4, -0.2) is 19.0 Å². The Balaban J connectivity index is 0.000000219. The van der Waals surface area contributed by atoms with Gasteiger partial charge in [-0.25, -0.2) is 4.39 Å². The van der Waals surface area contributed by atoms with E-state index in [0.717, 1.165) is 0 Å². The van der Waals surface area contributed by atoms with Crippen LogP contribution in [0, 0.1) is 19.5 Å². The molecule has 21 heavy (non-hydrogen) atoms. The maximum absolute atomic E-state index is 12.8. The fourth-order valence-corrected chi connectivity index (χ4v) is 2.23. The number of nitrogens with one attached hydrogen (secondary N) is 2. The van der Waals surface area contributed by atoms with Crippen molar-refractivity contribution in [2.75, 3.05) is 24.7 Å². The Bertz CT molecular complexity index is 623. The quantitative estimate of drug-likeness (QED) is 0.460. The van der Waals surface area contributed by atoms with Gasteiger partial charge in [0.15, 0.2) is 5.82 Å². The van der Waals surface area contributed by atoms with Gasteiger partial charge in [-0.2, -0.15) is 0 Å². The number of anilines is 2. The zero-order valence-corrected chi connectivity index (χ0v) is 13.7. The lowest BCUT2D eigenvalue weighted by atomic mass is 10.2. The number of rotatable bonds is 3. The zero-order valence-electron chi connectivity index (χ0n) is 11.6. The number of benzene rings is 2. The number of nitrogens with zero attached hydrogens (tertiary/aromatic N) is 1. The van der Waals surface area contributed by atoms with Crippen molar-refractivity contribution in [1.29, 1.82) is 0 Å². The molecule has 2 rings (SSSR count). The first-order chi connectivity index (χ1) is 10.0. The standard InChI is InChI=1S/C7H7FN2O2.C7H8IN/c1-9-7-5(8)3-2-4-6(7)10(11)12;1-9-7-5-3-2-4-6(7)8/h2-4,9H,1H3;2-5,9H,1H3. The highest BCUT2D eigenvalue weighted by Crippen LogP contribution is 2.25. The molecule has 0 spiro atoms. The molecule has 0 aliphatic heterocycles. The van der Waals surface area contributed by atoms with Crippen molar-refractivity contribution >= 4 is 39.7 Å². The predicted octanol–water partition coefficient (Wildman–Crippen LogP) is 4.11. The molecule has 0 radical (unpaired) electrons. The summed E-state index contributed by atoms with van der Waals surface area (Å²) in [4.78, 5) is 9.70. The topological polar surface area (TPSA) is 67.2 Å². The van der Waals surface area contributed by atoms with E-state index in [-0.39, 0.29) is 11.4 Å². The van der Waals surface area contributed by atoms with Crippen LogP contribution >= 0.6 is 22.6 Å². The Labute approximate surface area is 135 Å². The number of hydrogen-bond acceptors (Lipinski definition) is 4. The van der Waals surface area contributed by atoms with Gasteiger partial charge in [0.1, 0.15) is 5.69 Å². The minimum Gasteiger partial charge on any atom is -0.387 e. The molecule has 0 atom stereocenters. The van der Waals surface area contributed by atoms with Gasteiger partial charge in [0.2, 0.25) is 0 Å². The Kier molecular flexibility index (Phi) is 6.86. The third-order valence-electron chi connectivity index (χ3n) is 2.58. The molecule has 0 heterocycles. The first-order valence-electron chi connectivity index (χ1n) is 6.04. The summed E-state index contributed by atoms with van der Waals surface area (Å²) in [5.74, 6) is -0.619. The van der Waals surface area contributed by atoms with Gasteiger partial charge in [-0.05, 0) is 40.8 Å². The van der Waals surface area contributed by atoms with E-state index in [9.17, 15) is 14.5 Å². The highest BCUT2D eigenvalue weighted by molar-refractivity contribution is 14.1. The second kappa shape index (κ2) is 8.40. The molecular formula is C14H15FIN3O2. The Morgan fingerprint density at radius 3 is 2.19 bits per heavy atom. The van der Waals surface area contributed by atoms with Gasteiger partial charge in [0.05, 0.1) is 4.92 Å². The van der Waals surface area contributed by atoms with Crippen LogP contribution in [0.15, 0.2) is 42.5 Å². The maximum Gasteiger partial charge on any atom is 0.295 e. The van der Waals surface area contributed by atoms with Gasteiger partial charge in [0, 0.05) is 29.4 Å². The normalized spacial score (nSPS) is 9.33. The van der Waals surface area contributed by atoms with Crippen molar-refractivity contribution < 1.29 is 9.31 Å². The van der Waals surface area contributed by atoms with E-state index in [0.29, 0.717) is 0 Å². The summed E-state index contributed by atoms with van der Waals surface area (Å²) in [7, 11) is 3.36. The summed E-state index contributed by atoms with van der Waals surface area (Å²) in [6.45, 7) is 0. The van der Waals surface area contributed by atoms with Crippen molar-refractivity contribution in [2.45, 2.75) is 0 Å². The molecule has 2 aromatic rings. The van der Waals surface area contributed by atoms with Gasteiger partial charge < -0.3 is 10.6 Å². The Morgan fingerprint density at radius 1 is 1.10 bits per heavy atom. The van der Waals surface area contributed by atoms with Crippen LogP contribution in [0.5, 0.6) is 0 Å². The summed E-state index contributed by atoms with van der Waals surface area (Å²) < 4.78 is 14.1. The van der Waals surface area contributed by atoms with Crippen LogP contribution in [0.25, 0.3) is 0 Å². The highest BCUT2D eigenvalue weighted by Gasteiger charge is 2.15. The Hall–Kier alpha value is -1.90. The molecule has 0 aliphatic carbocycles. The minimum atomic E-state index is -0.630. The van der Waals surface area contributed by atoms with Crippen molar-refractivity contribution in [3.63, 3.8) is 0 Å². The lowest BCUT2D eigenvalue weighted by molar-refractivity contribution is -0.384. The lowest BCUT2D eigenvalue weighted by Gasteiger charge is -2.01. The molecule has 0 aromatic heterocycles. The highest BCUT2D eigenvalue weighted by atomic mass is 127. The van der Waals surface area contributed by atoms with E-state index in [1.54, 1.807) is 0 Å². The molecule has 0 unspecified atom stereocenters. The molecule has 112 valence electrons. The Morgan fingerprint density at radius 2 is 1.76 bits per heavy atom. The van der Waals surface area contributed by atoms with Crippen LogP contribution < -0.4 is 10.6 Å². The van der Waals surface area contributed by atoms with Crippen LogP contribution in [0.4, 0.5) is 21.5 Å². The number of hydrogen-bond donors (Lipinski definition) is 2. The van der Waals surface area contributed by atoms with E-state index in [2.05, 4.69) is 45.4 Å². The number of para-hydroxylation sites is 2. The summed E-state index contributed by atoms with van der Waals surface area (Å²) >= 11 is 2.30. The number of halogens is 2. The summed E-state index contributed by atoms with van der Waals surface area (Å²) in [6, 6.07) is 11.9. The molecule has 2 N–H and O–H groups in total. The summed E-state index contributed by atoms with van der Waals surface area (Å²) in [5, 5.41) is 15.8. The summed E-state index contributed by atoms with van der Waals surface area (Å²) in [6.07, 6.45) is 0. The van der Waals surface area contributed by atoms with Gasteiger partial charge in [-0.3, -0.25) is 10.1 Å². The van der Waals surface area contributed by atoms with Crippen molar-refractivity contribution in [2.24, 2.45) is 0 Å². The van der Waals surface area contributed by atoms with E-state index in [4.69, 9.17) is 0 Å². The maximum atomic E-state index is 12.8. The average molecular weight is 403 g/mol. The van der Waals surface area contributed by atoms with E-state index in [1.807, 2.05) is 19.2 Å². The molecule has 2 aromatic carbocycles. The number of nitro benzene ring substituents is 1. The van der Waals surface area contributed by atoms with E-state index >= 15 is 0 Å². The first kappa shape index (κ1) is 17.2. The van der Waals surface area contributed by atoms with Crippen molar-refractivity contribution in [3.05, 3.63) is 62.0 Å². The molecular weight excluding hydrogens is 388 g/mol. The zero-order chi connectivity index (χ0) is 15.8. The van der Waals surface area contributed by atoms with Gasteiger partial charge in [0.25, 0.3) is 5.69 Å². The molecule has 0 aliphatic rings. The van der Waals surface area contributed by atoms with Crippen LogP contribution in [-0.2, 0) is 0 Å². The van der Waals surface area contributed by atoms with Crippen LogP contribution in [0.1, 0.15) is 0 Å². The van der Waals surface area contributed by atoms with Crippen molar-refractivity contribution in [3.8, 4) is 0 Å². The second-order valence-electron chi connectivity index (χ2n) is 3.87. The molecule has 0 saturated heterocycles. The number of nitro groups is 1. The SMILES string of the molecule is CNc1c(F)cccc1[N+](=O)[O-].CNc1ccccc1I. The first-order valence-corrected chi connectivity index (χ1v) is 7.12. The predicted molar refractivity (Wildman–Crippen MR) is 91.3 cm³/mol. The van der Waals surface area contributed by atoms with E-state index in [1.165, 1.54) is 34.5 Å². The monoisotopic (exact) mass is 403 g/mol. The van der Waals surface area contributed by atoms with Crippen LogP contribution in [0.2, 0.25) is 0 Å². The minimum absolute atomic E-state index is 0.0810. The smallest absolute Gasteiger partial charge is 0.295 e. The molecule has 0 saturated carbocycles.